The predicted molar refractivity (Wildman–Crippen MR) is 122 cm³/mol. The molecule has 0 saturated heterocycles. The molecule has 2 aromatic rings. The summed E-state index contributed by atoms with van der Waals surface area (Å²) in [5, 5.41) is 13.5. The van der Waals surface area contributed by atoms with Crippen LogP contribution >= 0.6 is 8.58 Å². The summed E-state index contributed by atoms with van der Waals surface area (Å²) in [6, 6.07) is 10.9. The van der Waals surface area contributed by atoms with Crippen LogP contribution in [0.5, 0.6) is 5.75 Å². The monoisotopic (exact) mass is 385 g/mol. The molecule has 1 atom stereocenters. The fourth-order valence-corrected chi connectivity index (χ4v) is 4.60. The van der Waals surface area contributed by atoms with Crippen LogP contribution in [0, 0.1) is 6.92 Å². The molecule has 0 aliphatic rings. The molecule has 0 bridgehead atoms. The highest BCUT2D eigenvalue weighted by molar-refractivity contribution is 7.56. The Morgan fingerprint density at radius 2 is 1.59 bits per heavy atom. The van der Waals surface area contributed by atoms with Gasteiger partial charge >= 0.3 is 0 Å². The first kappa shape index (κ1) is 21.9. The molecule has 0 radical (unpaired) electrons. The molecular weight excluding hydrogens is 349 g/mol. The Morgan fingerprint density at radius 1 is 0.963 bits per heavy atom. The third-order valence-electron chi connectivity index (χ3n) is 4.89. The second kappa shape index (κ2) is 7.94. The SMILES string of the molecule is Cc1cccc(CN(C)C)c1Pc1cc(C(C)(C)C)cc(C(C)(C)C)c1O. The molecule has 0 aliphatic carbocycles. The summed E-state index contributed by atoms with van der Waals surface area (Å²) in [5.41, 5.74) is 4.92. The number of phenolic OH excluding ortho intramolecular Hbond substituents is 1. The van der Waals surface area contributed by atoms with Crippen LogP contribution in [0.2, 0.25) is 0 Å². The Hall–Kier alpha value is -1.37. The van der Waals surface area contributed by atoms with Crippen LogP contribution in [0.4, 0.5) is 0 Å². The van der Waals surface area contributed by atoms with Crippen molar-refractivity contribution < 1.29 is 5.11 Å². The predicted octanol–water partition coefficient (Wildman–Crippen LogP) is 4.99. The summed E-state index contributed by atoms with van der Waals surface area (Å²) in [5.74, 6) is 0.466. The summed E-state index contributed by atoms with van der Waals surface area (Å²) >= 11 is 0. The van der Waals surface area contributed by atoms with Gasteiger partial charge in [0.2, 0.25) is 0 Å². The second-order valence-corrected chi connectivity index (χ2v) is 11.2. The lowest BCUT2D eigenvalue weighted by atomic mass is 9.80. The first-order valence-electron chi connectivity index (χ1n) is 9.69. The number of rotatable bonds is 4. The fraction of sp³-hybridized carbons (Fsp3) is 0.500. The summed E-state index contributed by atoms with van der Waals surface area (Å²) in [7, 11) is 4.65. The average molecular weight is 386 g/mol. The van der Waals surface area contributed by atoms with Crippen LogP contribution in [0.15, 0.2) is 30.3 Å². The number of aromatic hydroxyl groups is 1. The highest BCUT2D eigenvalue weighted by Crippen LogP contribution is 2.36. The largest absolute Gasteiger partial charge is 0.507 e. The van der Waals surface area contributed by atoms with E-state index in [1.807, 2.05) is 0 Å². The van der Waals surface area contributed by atoms with Gasteiger partial charge in [0, 0.05) is 17.4 Å². The van der Waals surface area contributed by atoms with Gasteiger partial charge in [-0.2, -0.15) is 0 Å². The van der Waals surface area contributed by atoms with Crippen LogP contribution in [0.3, 0.4) is 0 Å². The zero-order valence-corrected chi connectivity index (χ0v) is 19.5. The highest BCUT2D eigenvalue weighted by atomic mass is 31.1. The van der Waals surface area contributed by atoms with Gasteiger partial charge in [0.1, 0.15) is 5.75 Å². The van der Waals surface area contributed by atoms with E-state index in [4.69, 9.17) is 0 Å². The van der Waals surface area contributed by atoms with Crippen molar-refractivity contribution in [3.8, 4) is 5.75 Å². The first-order valence-corrected chi connectivity index (χ1v) is 10.7. The number of benzene rings is 2. The standard InChI is InChI=1S/C24H36NOP/c1-16-11-10-12-17(15-25(8)9)22(16)27-20-14-18(23(2,3)4)13-19(21(20)26)24(5,6)7/h10-14,26-27H,15H2,1-9H3. The van der Waals surface area contributed by atoms with Gasteiger partial charge in [-0.05, 0) is 59.9 Å². The molecule has 2 rings (SSSR count). The second-order valence-electron chi connectivity index (χ2n) is 9.89. The van der Waals surface area contributed by atoms with E-state index in [1.54, 1.807) is 0 Å². The van der Waals surface area contributed by atoms with Gasteiger partial charge < -0.3 is 10.0 Å². The van der Waals surface area contributed by atoms with E-state index in [0.717, 1.165) is 17.4 Å². The van der Waals surface area contributed by atoms with Crippen molar-refractivity contribution in [2.45, 2.75) is 65.8 Å². The number of hydrogen-bond donors (Lipinski definition) is 1. The van der Waals surface area contributed by atoms with E-state index in [1.165, 1.54) is 22.0 Å². The summed E-state index contributed by atoms with van der Waals surface area (Å²) in [6.07, 6.45) is 0. The van der Waals surface area contributed by atoms with Crippen molar-refractivity contribution in [1.29, 1.82) is 0 Å². The van der Waals surface area contributed by atoms with Gasteiger partial charge in [-0.25, -0.2) is 0 Å². The Balaban J connectivity index is 2.63. The number of nitrogens with zero attached hydrogens (tertiary/aromatic N) is 1. The first-order chi connectivity index (χ1) is 12.3. The number of hydrogen-bond acceptors (Lipinski definition) is 2. The van der Waals surface area contributed by atoms with Crippen LogP contribution in [0.1, 0.15) is 63.8 Å². The highest BCUT2D eigenvalue weighted by Gasteiger charge is 2.25. The molecule has 27 heavy (non-hydrogen) atoms. The molecule has 0 aromatic heterocycles. The molecule has 0 fully saturated rings. The third kappa shape index (κ3) is 5.33. The van der Waals surface area contributed by atoms with Crippen molar-refractivity contribution in [2.24, 2.45) is 0 Å². The zero-order chi connectivity index (χ0) is 20.6. The maximum atomic E-state index is 11.1. The molecule has 3 heteroatoms. The Morgan fingerprint density at radius 3 is 2.11 bits per heavy atom. The molecule has 0 heterocycles. The maximum Gasteiger partial charge on any atom is 0.127 e. The molecule has 2 aromatic carbocycles. The molecule has 0 amide bonds. The van der Waals surface area contributed by atoms with Crippen molar-refractivity contribution in [3.05, 3.63) is 52.6 Å². The normalized spacial score (nSPS) is 13.1. The molecule has 0 aliphatic heterocycles. The molecule has 1 unspecified atom stereocenters. The smallest absolute Gasteiger partial charge is 0.127 e. The molecular formula is C24H36NOP. The van der Waals surface area contributed by atoms with Crippen molar-refractivity contribution in [3.63, 3.8) is 0 Å². The zero-order valence-electron chi connectivity index (χ0n) is 18.5. The van der Waals surface area contributed by atoms with Crippen molar-refractivity contribution in [1.82, 2.24) is 4.90 Å². The van der Waals surface area contributed by atoms with Gasteiger partial charge in [-0.3, -0.25) is 0 Å². The van der Waals surface area contributed by atoms with Gasteiger partial charge in [0.05, 0.1) is 0 Å². The van der Waals surface area contributed by atoms with Gasteiger partial charge in [0.25, 0.3) is 0 Å². The molecule has 1 N–H and O–H groups in total. The maximum absolute atomic E-state index is 11.1. The van der Waals surface area contributed by atoms with E-state index in [2.05, 4.69) is 97.8 Å². The van der Waals surface area contributed by atoms with E-state index in [9.17, 15) is 5.11 Å². The Bertz CT molecular complexity index is 810. The minimum Gasteiger partial charge on any atom is -0.507 e. The van der Waals surface area contributed by atoms with Gasteiger partial charge in [-0.15, -0.1) is 0 Å². The quantitative estimate of drug-likeness (QED) is 0.750. The summed E-state index contributed by atoms with van der Waals surface area (Å²) in [6.45, 7) is 16.3. The molecule has 0 spiro atoms. The van der Waals surface area contributed by atoms with Crippen LogP contribution in [-0.2, 0) is 17.4 Å². The van der Waals surface area contributed by atoms with Gasteiger partial charge in [-0.1, -0.05) is 74.4 Å². The Kier molecular flexibility index (Phi) is 6.44. The lowest BCUT2D eigenvalue weighted by molar-refractivity contribution is 0.403. The van der Waals surface area contributed by atoms with Gasteiger partial charge in [0.15, 0.2) is 0 Å². The van der Waals surface area contributed by atoms with Crippen molar-refractivity contribution >= 4 is 19.2 Å². The lowest BCUT2D eigenvalue weighted by Gasteiger charge is -2.28. The minimum absolute atomic E-state index is 0.0468. The lowest BCUT2D eigenvalue weighted by Crippen LogP contribution is -2.23. The van der Waals surface area contributed by atoms with E-state index in [0.29, 0.717) is 14.3 Å². The topological polar surface area (TPSA) is 23.5 Å². The molecule has 0 saturated carbocycles. The minimum atomic E-state index is -0.0945. The fourth-order valence-electron chi connectivity index (χ4n) is 3.25. The average Bonchev–Trinajstić information content (AvgIpc) is 2.49. The van der Waals surface area contributed by atoms with E-state index >= 15 is 0 Å². The molecule has 2 nitrogen and oxygen atoms in total. The summed E-state index contributed by atoms with van der Waals surface area (Å²) < 4.78 is 0. The van der Waals surface area contributed by atoms with Crippen LogP contribution in [0.25, 0.3) is 0 Å². The molecule has 148 valence electrons. The Labute approximate surface area is 167 Å². The van der Waals surface area contributed by atoms with Crippen LogP contribution < -0.4 is 10.6 Å². The third-order valence-corrected chi connectivity index (χ3v) is 6.51. The van der Waals surface area contributed by atoms with Crippen molar-refractivity contribution in [2.75, 3.05) is 14.1 Å². The van der Waals surface area contributed by atoms with E-state index in [-0.39, 0.29) is 10.8 Å². The number of phenols is 1. The van der Waals surface area contributed by atoms with E-state index < -0.39 is 0 Å². The number of aryl methyl sites for hydroxylation is 1. The van der Waals surface area contributed by atoms with Crippen LogP contribution in [-0.4, -0.2) is 24.1 Å². The summed E-state index contributed by atoms with van der Waals surface area (Å²) in [4.78, 5) is 2.20.